The number of anilines is 1. The molecule has 0 radical (unpaired) electrons. The van der Waals surface area contributed by atoms with E-state index in [0.29, 0.717) is 0 Å². The summed E-state index contributed by atoms with van der Waals surface area (Å²) in [6.45, 7) is 5.54. The van der Waals surface area contributed by atoms with Crippen LogP contribution in [0.25, 0.3) is 5.57 Å². The second-order valence-corrected chi connectivity index (χ2v) is 7.38. The second kappa shape index (κ2) is 8.57. The van der Waals surface area contributed by atoms with Gasteiger partial charge in [-0.15, -0.1) is 0 Å². The largest absolute Gasteiger partial charge is 0.496 e. The molecule has 1 fully saturated rings. The maximum absolute atomic E-state index is 5.63. The zero-order valence-electron chi connectivity index (χ0n) is 16.2. The zero-order chi connectivity index (χ0) is 18.5. The minimum atomic E-state index is 1.03. The molecule has 1 aromatic heterocycles. The average Bonchev–Trinajstić information content (AvgIpc) is 2.74. The monoisotopic (exact) mass is 363 g/mol. The number of hydrogen-bond donors (Lipinski definition) is 0. The van der Waals surface area contributed by atoms with Gasteiger partial charge in [0.2, 0.25) is 0 Å². The van der Waals surface area contributed by atoms with Gasteiger partial charge in [-0.05, 0) is 61.6 Å². The molecule has 4 heteroatoms. The number of benzene rings is 1. The van der Waals surface area contributed by atoms with E-state index in [1.54, 1.807) is 7.11 Å². The van der Waals surface area contributed by atoms with Gasteiger partial charge in [0.1, 0.15) is 11.6 Å². The number of ether oxygens (including phenoxy) is 1. The van der Waals surface area contributed by atoms with Crippen LogP contribution in [0.3, 0.4) is 0 Å². The van der Waals surface area contributed by atoms with Crippen LogP contribution in [0.2, 0.25) is 0 Å². The number of piperazine rings is 1. The number of aromatic nitrogens is 1. The van der Waals surface area contributed by atoms with E-state index in [-0.39, 0.29) is 0 Å². The third kappa shape index (κ3) is 4.16. The Balaban J connectivity index is 1.29. The van der Waals surface area contributed by atoms with Crippen LogP contribution in [0, 0.1) is 0 Å². The van der Waals surface area contributed by atoms with Gasteiger partial charge in [0, 0.05) is 37.9 Å². The molecule has 1 aliphatic heterocycles. The fourth-order valence-corrected chi connectivity index (χ4v) is 4.29. The van der Waals surface area contributed by atoms with Crippen molar-refractivity contribution in [3.05, 3.63) is 59.8 Å². The van der Waals surface area contributed by atoms with Crippen LogP contribution in [-0.2, 0) is 6.42 Å². The molecule has 0 saturated carbocycles. The molecular weight excluding hydrogens is 334 g/mol. The van der Waals surface area contributed by atoms with Crippen molar-refractivity contribution < 1.29 is 4.74 Å². The predicted molar refractivity (Wildman–Crippen MR) is 111 cm³/mol. The van der Waals surface area contributed by atoms with Crippen molar-refractivity contribution in [2.45, 2.75) is 25.7 Å². The number of allylic oxidation sites excluding steroid dienone is 2. The molecule has 0 spiro atoms. The van der Waals surface area contributed by atoms with Crippen LogP contribution in [-0.4, -0.2) is 49.7 Å². The Hall–Kier alpha value is -2.33. The molecule has 2 heterocycles. The van der Waals surface area contributed by atoms with Gasteiger partial charge in [0.05, 0.1) is 7.11 Å². The summed E-state index contributed by atoms with van der Waals surface area (Å²) in [5.74, 6) is 2.13. The first-order valence-corrected chi connectivity index (χ1v) is 10.1. The van der Waals surface area contributed by atoms with E-state index in [0.717, 1.165) is 63.6 Å². The Bertz CT molecular complexity index is 779. The molecule has 0 atom stereocenters. The smallest absolute Gasteiger partial charge is 0.128 e. The molecule has 1 aromatic carbocycles. The van der Waals surface area contributed by atoms with E-state index < -0.39 is 0 Å². The number of rotatable bonds is 6. The summed E-state index contributed by atoms with van der Waals surface area (Å²) < 4.78 is 5.63. The van der Waals surface area contributed by atoms with E-state index in [9.17, 15) is 0 Å². The molecule has 1 saturated heterocycles. The van der Waals surface area contributed by atoms with Crippen molar-refractivity contribution in [3.63, 3.8) is 0 Å². The molecule has 0 amide bonds. The molecule has 2 aromatic rings. The second-order valence-electron chi connectivity index (χ2n) is 7.38. The molecule has 142 valence electrons. The number of fused-ring (bicyclic) bond motifs is 1. The summed E-state index contributed by atoms with van der Waals surface area (Å²) in [6.07, 6.45) is 8.92. The van der Waals surface area contributed by atoms with E-state index in [2.05, 4.69) is 51.2 Å². The Morgan fingerprint density at radius 3 is 2.70 bits per heavy atom. The number of nitrogens with zero attached hydrogens (tertiary/aromatic N) is 3. The van der Waals surface area contributed by atoms with Gasteiger partial charge in [-0.2, -0.15) is 0 Å². The van der Waals surface area contributed by atoms with Crippen LogP contribution in [0.4, 0.5) is 5.82 Å². The highest BCUT2D eigenvalue weighted by atomic mass is 16.5. The summed E-state index contributed by atoms with van der Waals surface area (Å²) in [5.41, 5.74) is 4.27. The number of methoxy groups -OCH3 is 1. The molecule has 0 N–H and O–H groups in total. The number of aryl methyl sites for hydroxylation is 1. The lowest BCUT2D eigenvalue weighted by atomic mass is 9.87. The van der Waals surface area contributed by atoms with Crippen LogP contribution in [0.1, 0.15) is 30.4 Å². The highest BCUT2D eigenvalue weighted by molar-refractivity contribution is 5.74. The van der Waals surface area contributed by atoms with Crippen LogP contribution in [0.5, 0.6) is 5.75 Å². The minimum absolute atomic E-state index is 1.03. The van der Waals surface area contributed by atoms with Gasteiger partial charge >= 0.3 is 0 Å². The molecule has 0 unspecified atom stereocenters. The van der Waals surface area contributed by atoms with Crippen molar-refractivity contribution in [2.24, 2.45) is 0 Å². The van der Waals surface area contributed by atoms with Gasteiger partial charge in [-0.1, -0.05) is 24.3 Å². The maximum atomic E-state index is 5.63. The Labute approximate surface area is 162 Å². The standard InChI is InChI=1S/C23H29N3O/c1-27-21-11-5-9-19-7-4-8-20(23(19)21)10-6-14-25-15-17-26(18-16-25)22-12-2-3-13-24-22/h2-3,5,8-9,11-13H,4,6-7,10,14-18H2,1H3. The summed E-state index contributed by atoms with van der Waals surface area (Å²) in [7, 11) is 1.78. The molecule has 27 heavy (non-hydrogen) atoms. The van der Waals surface area contributed by atoms with Crippen molar-refractivity contribution in [1.29, 1.82) is 0 Å². The van der Waals surface area contributed by atoms with Gasteiger partial charge in [0.25, 0.3) is 0 Å². The maximum Gasteiger partial charge on any atom is 0.128 e. The SMILES string of the molecule is COc1cccc2c1C(CCCN1CCN(c3ccccn3)CC1)=CCC2. The normalized spacial score (nSPS) is 17.4. The third-order valence-electron chi connectivity index (χ3n) is 5.72. The number of pyridine rings is 1. The lowest BCUT2D eigenvalue weighted by molar-refractivity contribution is 0.255. The first-order chi connectivity index (χ1) is 13.3. The summed E-state index contributed by atoms with van der Waals surface area (Å²) >= 11 is 0. The summed E-state index contributed by atoms with van der Waals surface area (Å²) in [6, 6.07) is 12.6. The fourth-order valence-electron chi connectivity index (χ4n) is 4.29. The fraction of sp³-hybridized carbons (Fsp3) is 0.435. The molecule has 0 bridgehead atoms. The highest BCUT2D eigenvalue weighted by Gasteiger charge is 2.19. The van der Waals surface area contributed by atoms with Gasteiger partial charge in [-0.25, -0.2) is 4.98 Å². The van der Waals surface area contributed by atoms with Gasteiger partial charge < -0.3 is 9.64 Å². The molecule has 4 nitrogen and oxygen atoms in total. The van der Waals surface area contributed by atoms with E-state index >= 15 is 0 Å². The van der Waals surface area contributed by atoms with Crippen LogP contribution >= 0.6 is 0 Å². The lowest BCUT2D eigenvalue weighted by Gasteiger charge is -2.35. The summed E-state index contributed by atoms with van der Waals surface area (Å²) in [4.78, 5) is 9.46. The first kappa shape index (κ1) is 18.1. The van der Waals surface area contributed by atoms with Crippen LogP contribution in [0.15, 0.2) is 48.7 Å². The van der Waals surface area contributed by atoms with E-state index in [1.165, 1.54) is 23.1 Å². The molecule has 4 rings (SSSR count). The molecule has 1 aliphatic carbocycles. The van der Waals surface area contributed by atoms with Gasteiger partial charge in [-0.3, -0.25) is 4.90 Å². The van der Waals surface area contributed by atoms with Crippen LogP contribution < -0.4 is 9.64 Å². The quantitative estimate of drug-likeness (QED) is 0.775. The molecule has 2 aliphatic rings. The average molecular weight is 364 g/mol. The number of hydrogen-bond acceptors (Lipinski definition) is 4. The van der Waals surface area contributed by atoms with Gasteiger partial charge in [0.15, 0.2) is 0 Å². The highest BCUT2D eigenvalue weighted by Crippen LogP contribution is 2.36. The van der Waals surface area contributed by atoms with Crippen molar-refractivity contribution in [2.75, 3.05) is 44.7 Å². The first-order valence-electron chi connectivity index (χ1n) is 10.1. The third-order valence-corrected chi connectivity index (χ3v) is 5.72. The van der Waals surface area contributed by atoms with E-state index in [4.69, 9.17) is 4.74 Å². The summed E-state index contributed by atoms with van der Waals surface area (Å²) in [5, 5.41) is 0. The van der Waals surface area contributed by atoms with Crippen molar-refractivity contribution in [3.8, 4) is 5.75 Å². The predicted octanol–water partition coefficient (Wildman–Crippen LogP) is 4.02. The Morgan fingerprint density at radius 2 is 1.93 bits per heavy atom. The lowest BCUT2D eigenvalue weighted by Crippen LogP contribution is -2.46. The van der Waals surface area contributed by atoms with Crippen molar-refractivity contribution >= 4 is 11.4 Å². The topological polar surface area (TPSA) is 28.6 Å². The molecular formula is C23H29N3O. The Morgan fingerprint density at radius 1 is 1.04 bits per heavy atom. The van der Waals surface area contributed by atoms with Crippen molar-refractivity contribution in [1.82, 2.24) is 9.88 Å². The zero-order valence-corrected chi connectivity index (χ0v) is 16.2. The minimum Gasteiger partial charge on any atom is -0.496 e. The van der Waals surface area contributed by atoms with E-state index in [1.807, 2.05) is 12.3 Å². The Kier molecular flexibility index (Phi) is 5.73.